The van der Waals surface area contributed by atoms with Gasteiger partial charge < -0.3 is 15.4 Å². The van der Waals surface area contributed by atoms with Gasteiger partial charge in [-0.2, -0.15) is 9.50 Å². The highest BCUT2D eigenvalue weighted by Gasteiger charge is 2.12. The largest absolute Gasteiger partial charge is 0.485 e. The molecule has 164 valence electrons. The van der Waals surface area contributed by atoms with Gasteiger partial charge in [0.2, 0.25) is 0 Å². The average molecular weight is 453 g/mol. The number of rotatable bonds is 6. The fourth-order valence-electron chi connectivity index (χ4n) is 3.11. The van der Waals surface area contributed by atoms with Crippen LogP contribution in [0, 0.1) is 0 Å². The molecular weight excluding hydrogens is 432 g/mol. The highest BCUT2D eigenvalue weighted by atomic mass is 35.5. The highest BCUT2D eigenvalue weighted by Crippen LogP contribution is 2.25. The van der Waals surface area contributed by atoms with Crippen molar-refractivity contribution in [2.24, 2.45) is 0 Å². The third kappa shape index (κ3) is 4.73. The summed E-state index contributed by atoms with van der Waals surface area (Å²) in [5, 5.41) is 5.98. The van der Waals surface area contributed by atoms with Gasteiger partial charge >= 0.3 is 6.03 Å². The summed E-state index contributed by atoms with van der Waals surface area (Å²) in [5.74, 6) is 0.737. The first-order valence-electron chi connectivity index (χ1n) is 9.92. The number of fused-ring (bicyclic) bond motifs is 1. The molecule has 2 aromatic carbocycles. The van der Waals surface area contributed by atoms with E-state index >= 15 is 0 Å². The number of urea groups is 1. The molecular formula is C22H21ClN6O3. The summed E-state index contributed by atoms with van der Waals surface area (Å²) in [4.78, 5) is 33.5. The molecule has 0 aliphatic heterocycles. The van der Waals surface area contributed by atoms with E-state index in [2.05, 4.69) is 20.6 Å². The molecule has 4 rings (SSSR count). The molecule has 2 aromatic heterocycles. The van der Waals surface area contributed by atoms with Crippen molar-refractivity contribution >= 4 is 34.8 Å². The van der Waals surface area contributed by atoms with Crippen molar-refractivity contribution in [2.75, 3.05) is 10.6 Å². The van der Waals surface area contributed by atoms with E-state index in [9.17, 15) is 9.59 Å². The lowest BCUT2D eigenvalue weighted by Crippen LogP contribution is -2.23. The van der Waals surface area contributed by atoms with Crippen LogP contribution in [0.1, 0.15) is 25.6 Å². The predicted molar refractivity (Wildman–Crippen MR) is 122 cm³/mol. The number of nitrogens with zero attached hydrogens (tertiary/aromatic N) is 4. The number of carbonyl (C=O) groups excluding carboxylic acids is 1. The smallest absolute Gasteiger partial charge is 0.323 e. The maximum Gasteiger partial charge on any atom is 0.323 e. The lowest BCUT2D eigenvalue weighted by molar-refractivity contribution is 0.261. The van der Waals surface area contributed by atoms with Crippen LogP contribution >= 0.6 is 11.6 Å². The molecule has 0 bridgehead atoms. The van der Waals surface area contributed by atoms with Crippen LogP contribution in [0.25, 0.3) is 5.78 Å². The van der Waals surface area contributed by atoms with Gasteiger partial charge in [-0.1, -0.05) is 29.8 Å². The van der Waals surface area contributed by atoms with Gasteiger partial charge in [-0.15, -0.1) is 0 Å². The van der Waals surface area contributed by atoms with Crippen molar-refractivity contribution in [3.05, 3.63) is 82.0 Å². The van der Waals surface area contributed by atoms with E-state index in [0.717, 1.165) is 0 Å². The van der Waals surface area contributed by atoms with Gasteiger partial charge in [-0.3, -0.25) is 9.48 Å². The molecule has 0 fully saturated rings. The Morgan fingerprint density at radius 1 is 1.12 bits per heavy atom. The Bertz CT molecular complexity index is 1330. The summed E-state index contributed by atoms with van der Waals surface area (Å²) in [6.07, 6.45) is 1.58. The maximum atomic E-state index is 12.5. The molecule has 0 saturated carbocycles. The molecule has 32 heavy (non-hydrogen) atoms. The van der Waals surface area contributed by atoms with Crippen LogP contribution < -0.4 is 20.9 Å². The molecule has 4 aromatic rings. The molecule has 0 saturated heterocycles. The minimum absolute atomic E-state index is 0.0366. The molecule has 0 unspecified atom stereocenters. The van der Waals surface area contributed by atoms with Crippen molar-refractivity contribution in [3.63, 3.8) is 0 Å². The second-order valence-electron chi connectivity index (χ2n) is 7.29. The van der Waals surface area contributed by atoms with Crippen LogP contribution in [0.2, 0.25) is 5.02 Å². The average Bonchev–Trinajstić information content (AvgIpc) is 3.18. The first-order valence-corrected chi connectivity index (χ1v) is 10.3. The van der Waals surface area contributed by atoms with Crippen LogP contribution in [-0.4, -0.2) is 25.2 Å². The summed E-state index contributed by atoms with van der Waals surface area (Å²) in [5.41, 5.74) is 1.22. The number of hydrogen-bond donors (Lipinski definition) is 2. The fraction of sp³-hybridized carbons (Fsp3) is 0.182. The van der Waals surface area contributed by atoms with Crippen LogP contribution in [-0.2, 0) is 6.61 Å². The van der Waals surface area contributed by atoms with Crippen molar-refractivity contribution in [3.8, 4) is 5.75 Å². The first-order chi connectivity index (χ1) is 15.4. The number of halogens is 1. The highest BCUT2D eigenvalue weighted by molar-refractivity contribution is 6.30. The molecule has 0 spiro atoms. The molecule has 0 aliphatic rings. The molecule has 2 N–H and O–H groups in total. The van der Waals surface area contributed by atoms with Gasteiger partial charge in [0.25, 0.3) is 11.3 Å². The van der Waals surface area contributed by atoms with Gasteiger partial charge in [-0.25, -0.2) is 9.78 Å². The molecule has 0 atom stereocenters. The zero-order valence-corrected chi connectivity index (χ0v) is 18.2. The summed E-state index contributed by atoms with van der Waals surface area (Å²) in [7, 11) is 0. The molecule has 2 amide bonds. The van der Waals surface area contributed by atoms with Gasteiger partial charge in [0.15, 0.2) is 0 Å². The number of carbonyl (C=O) groups is 1. The van der Waals surface area contributed by atoms with Crippen LogP contribution in [0.3, 0.4) is 0 Å². The molecule has 9 nitrogen and oxygen atoms in total. The SMILES string of the molecule is CC(C)n1cnc2nc(COc3ccccc3NC(=O)Nc3cccc(Cl)c3)cc(=O)n21. The number of benzene rings is 2. The maximum absolute atomic E-state index is 12.5. The topological polar surface area (TPSA) is 103 Å². The first kappa shape index (κ1) is 21.4. The molecule has 10 heteroatoms. The van der Waals surface area contributed by atoms with Gasteiger partial charge in [0, 0.05) is 22.8 Å². The van der Waals surface area contributed by atoms with Crippen molar-refractivity contribution in [1.82, 2.24) is 19.2 Å². The van der Waals surface area contributed by atoms with E-state index in [4.69, 9.17) is 16.3 Å². The number of para-hydroxylation sites is 2. The van der Waals surface area contributed by atoms with E-state index in [-0.39, 0.29) is 18.2 Å². The van der Waals surface area contributed by atoms with Crippen LogP contribution in [0.4, 0.5) is 16.2 Å². The lowest BCUT2D eigenvalue weighted by atomic mass is 10.3. The van der Waals surface area contributed by atoms with E-state index in [1.807, 2.05) is 13.8 Å². The second kappa shape index (κ2) is 9.11. The number of aromatic nitrogens is 4. The molecule has 2 heterocycles. The van der Waals surface area contributed by atoms with Crippen molar-refractivity contribution in [1.29, 1.82) is 0 Å². The number of ether oxygens (including phenoxy) is 1. The quantitative estimate of drug-likeness (QED) is 0.452. The Morgan fingerprint density at radius 2 is 1.94 bits per heavy atom. The van der Waals surface area contributed by atoms with E-state index in [1.54, 1.807) is 59.5 Å². The lowest BCUT2D eigenvalue weighted by Gasteiger charge is -2.13. The van der Waals surface area contributed by atoms with E-state index in [1.165, 1.54) is 10.6 Å². The minimum Gasteiger partial charge on any atom is -0.485 e. The summed E-state index contributed by atoms with van der Waals surface area (Å²) in [6.45, 7) is 3.95. The number of nitrogens with one attached hydrogen (secondary N) is 2. The van der Waals surface area contributed by atoms with Gasteiger partial charge in [0.05, 0.1) is 11.4 Å². The van der Waals surface area contributed by atoms with Crippen LogP contribution in [0.5, 0.6) is 5.75 Å². The van der Waals surface area contributed by atoms with Crippen LogP contribution in [0.15, 0.2) is 65.7 Å². The van der Waals surface area contributed by atoms with Gasteiger partial charge in [0.1, 0.15) is 18.7 Å². The van der Waals surface area contributed by atoms with E-state index < -0.39 is 6.03 Å². The summed E-state index contributed by atoms with van der Waals surface area (Å²) in [6, 6.07) is 14.9. The third-order valence-corrected chi connectivity index (χ3v) is 4.81. The predicted octanol–water partition coefficient (Wildman–Crippen LogP) is 4.35. The summed E-state index contributed by atoms with van der Waals surface area (Å²) < 4.78 is 8.98. The molecule has 0 aliphatic carbocycles. The Labute approximate surface area is 188 Å². The number of amides is 2. The standard InChI is InChI=1S/C22H21ClN6O3/c1-14(2)28-13-24-21-25-17(11-20(30)29(21)28)12-32-19-9-4-3-8-18(19)27-22(31)26-16-7-5-6-15(23)10-16/h3-11,13-14H,12H2,1-2H3,(H2,26,27,31). The van der Waals surface area contributed by atoms with Crippen molar-refractivity contribution < 1.29 is 9.53 Å². The Morgan fingerprint density at radius 3 is 2.72 bits per heavy atom. The number of hydrogen-bond acceptors (Lipinski definition) is 5. The Balaban J connectivity index is 1.48. The Kier molecular flexibility index (Phi) is 6.09. The summed E-state index contributed by atoms with van der Waals surface area (Å²) >= 11 is 5.95. The zero-order valence-electron chi connectivity index (χ0n) is 17.4. The molecule has 0 radical (unpaired) electrons. The van der Waals surface area contributed by atoms with Gasteiger partial charge in [-0.05, 0) is 44.2 Å². The second-order valence-corrected chi connectivity index (χ2v) is 7.73. The third-order valence-electron chi connectivity index (χ3n) is 4.58. The van der Waals surface area contributed by atoms with Crippen molar-refractivity contribution in [2.45, 2.75) is 26.5 Å². The Hall–Kier alpha value is -3.85. The van der Waals surface area contributed by atoms with E-state index in [0.29, 0.717) is 33.6 Å². The minimum atomic E-state index is -0.444. The fourth-order valence-corrected chi connectivity index (χ4v) is 3.30. The number of anilines is 2. The zero-order chi connectivity index (χ0) is 22.7. The monoisotopic (exact) mass is 452 g/mol. The normalized spacial score (nSPS) is 11.0.